The molecule has 2 aromatic carbocycles. The third-order valence-corrected chi connectivity index (χ3v) is 4.37. The van der Waals surface area contributed by atoms with Crippen LogP contribution < -0.4 is 15.4 Å². The van der Waals surface area contributed by atoms with Crippen molar-refractivity contribution in [1.82, 2.24) is 25.4 Å². The van der Waals surface area contributed by atoms with Crippen molar-refractivity contribution < 1.29 is 4.74 Å². The van der Waals surface area contributed by atoms with Gasteiger partial charge in [0.25, 0.3) is 0 Å². The Morgan fingerprint density at radius 3 is 2.70 bits per heavy atom. The summed E-state index contributed by atoms with van der Waals surface area (Å²) in [7, 11) is 3.59. The van der Waals surface area contributed by atoms with Crippen LogP contribution in [0.5, 0.6) is 5.75 Å². The Morgan fingerprint density at radius 2 is 1.96 bits per heavy atom. The molecule has 1 heterocycles. The molecule has 0 fully saturated rings. The van der Waals surface area contributed by atoms with Gasteiger partial charge in [0.2, 0.25) is 0 Å². The fourth-order valence-corrected chi connectivity index (χ4v) is 2.87. The van der Waals surface area contributed by atoms with E-state index >= 15 is 0 Å². The zero-order valence-electron chi connectivity index (χ0n) is 15.1. The maximum atomic E-state index is 5.83. The SMILES string of the molecule is CN=C(NCCOc1ccc2cc(Br)ccc2c1)NCc1ncnn1C.I. The van der Waals surface area contributed by atoms with Crippen LogP contribution in [0.25, 0.3) is 10.8 Å². The molecule has 0 aliphatic heterocycles. The van der Waals surface area contributed by atoms with E-state index in [9.17, 15) is 0 Å². The number of rotatable bonds is 6. The lowest BCUT2D eigenvalue weighted by Gasteiger charge is -2.12. The van der Waals surface area contributed by atoms with Crippen LogP contribution >= 0.6 is 39.9 Å². The van der Waals surface area contributed by atoms with Crippen molar-refractivity contribution in [3.63, 3.8) is 0 Å². The molecule has 7 nitrogen and oxygen atoms in total. The number of ether oxygens (including phenoxy) is 1. The number of nitrogens with zero attached hydrogens (tertiary/aromatic N) is 4. The smallest absolute Gasteiger partial charge is 0.191 e. The maximum Gasteiger partial charge on any atom is 0.191 e. The summed E-state index contributed by atoms with van der Waals surface area (Å²) in [4.78, 5) is 8.36. The minimum atomic E-state index is 0. The first-order chi connectivity index (χ1) is 12.7. The van der Waals surface area contributed by atoms with E-state index in [0.717, 1.165) is 21.4 Å². The molecule has 0 spiro atoms. The number of aromatic nitrogens is 3. The zero-order chi connectivity index (χ0) is 18.4. The summed E-state index contributed by atoms with van der Waals surface area (Å²) in [5, 5.41) is 12.8. The van der Waals surface area contributed by atoms with E-state index in [1.807, 2.05) is 25.2 Å². The summed E-state index contributed by atoms with van der Waals surface area (Å²) in [5.41, 5.74) is 0. The Bertz CT molecular complexity index is 914. The van der Waals surface area contributed by atoms with Gasteiger partial charge in [0.15, 0.2) is 5.96 Å². The zero-order valence-corrected chi connectivity index (χ0v) is 19.1. The summed E-state index contributed by atoms with van der Waals surface area (Å²) >= 11 is 3.49. The molecule has 0 bridgehead atoms. The molecule has 0 unspecified atom stereocenters. The van der Waals surface area contributed by atoms with Crippen molar-refractivity contribution in [2.45, 2.75) is 6.54 Å². The lowest BCUT2D eigenvalue weighted by Crippen LogP contribution is -2.39. The number of hydrogen-bond acceptors (Lipinski definition) is 4. The average Bonchev–Trinajstić information content (AvgIpc) is 3.06. The van der Waals surface area contributed by atoms with Gasteiger partial charge in [-0.25, -0.2) is 4.98 Å². The van der Waals surface area contributed by atoms with Crippen LogP contribution in [0.15, 0.2) is 52.2 Å². The fraction of sp³-hybridized carbons (Fsp3) is 0.278. The second-order valence-electron chi connectivity index (χ2n) is 5.65. The molecule has 0 amide bonds. The standard InChI is InChI=1S/C18H21BrN6O.HI/c1-20-18(22-11-17-23-12-24-25(17)2)21-7-8-26-16-6-4-13-9-15(19)5-3-14(13)10-16;/h3-6,9-10,12H,7-8,11H2,1-2H3,(H2,20,21,22);1H. The number of nitrogens with one attached hydrogen (secondary N) is 2. The highest BCUT2D eigenvalue weighted by Gasteiger charge is 2.03. The molecule has 27 heavy (non-hydrogen) atoms. The monoisotopic (exact) mass is 544 g/mol. The maximum absolute atomic E-state index is 5.83. The first-order valence-corrected chi connectivity index (χ1v) is 9.04. The van der Waals surface area contributed by atoms with E-state index in [2.05, 4.69) is 59.8 Å². The van der Waals surface area contributed by atoms with Crippen molar-refractivity contribution in [2.75, 3.05) is 20.2 Å². The predicted molar refractivity (Wildman–Crippen MR) is 122 cm³/mol. The number of guanidine groups is 1. The number of fused-ring (bicyclic) bond motifs is 1. The Kier molecular flexibility index (Phi) is 8.29. The summed E-state index contributed by atoms with van der Waals surface area (Å²) in [6.07, 6.45) is 1.53. The largest absolute Gasteiger partial charge is 0.492 e. The molecule has 9 heteroatoms. The first-order valence-electron chi connectivity index (χ1n) is 8.25. The number of aliphatic imine (C=N–C) groups is 1. The van der Waals surface area contributed by atoms with Crippen molar-refractivity contribution >= 4 is 56.6 Å². The van der Waals surface area contributed by atoms with E-state index in [0.29, 0.717) is 25.7 Å². The van der Waals surface area contributed by atoms with E-state index in [-0.39, 0.29) is 24.0 Å². The lowest BCUT2D eigenvalue weighted by atomic mass is 10.1. The van der Waals surface area contributed by atoms with Gasteiger partial charge in [-0.15, -0.1) is 24.0 Å². The molecule has 0 aliphatic rings. The van der Waals surface area contributed by atoms with Crippen LogP contribution in [0, 0.1) is 0 Å². The highest BCUT2D eigenvalue weighted by Crippen LogP contribution is 2.23. The van der Waals surface area contributed by atoms with E-state index < -0.39 is 0 Å². The van der Waals surface area contributed by atoms with E-state index in [1.165, 1.54) is 11.7 Å². The van der Waals surface area contributed by atoms with Crippen LogP contribution in [0.4, 0.5) is 0 Å². The molecule has 0 saturated carbocycles. The average molecular weight is 545 g/mol. The topological polar surface area (TPSA) is 76.4 Å². The summed E-state index contributed by atoms with van der Waals surface area (Å²) in [5.74, 6) is 2.38. The summed E-state index contributed by atoms with van der Waals surface area (Å²) in [6, 6.07) is 12.3. The van der Waals surface area contributed by atoms with Gasteiger partial charge >= 0.3 is 0 Å². The normalized spacial score (nSPS) is 11.1. The molecule has 2 N–H and O–H groups in total. The Morgan fingerprint density at radius 1 is 1.19 bits per heavy atom. The number of halogens is 2. The van der Waals surface area contributed by atoms with E-state index in [1.54, 1.807) is 11.7 Å². The van der Waals surface area contributed by atoms with Gasteiger partial charge in [-0.3, -0.25) is 9.67 Å². The van der Waals surface area contributed by atoms with Gasteiger partial charge < -0.3 is 15.4 Å². The van der Waals surface area contributed by atoms with Crippen molar-refractivity contribution in [3.8, 4) is 5.75 Å². The Hall–Kier alpha value is -1.88. The van der Waals surface area contributed by atoms with Crippen molar-refractivity contribution in [2.24, 2.45) is 12.0 Å². The van der Waals surface area contributed by atoms with Gasteiger partial charge in [-0.05, 0) is 35.0 Å². The second-order valence-corrected chi connectivity index (χ2v) is 6.57. The second kappa shape index (κ2) is 10.5. The van der Waals surface area contributed by atoms with Crippen LogP contribution in [0.1, 0.15) is 5.82 Å². The van der Waals surface area contributed by atoms with Crippen LogP contribution in [-0.4, -0.2) is 40.9 Å². The van der Waals surface area contributed by atoms with Crippen molar-refractivity contribution in [1.29, 1.82) is 0 Å². The molecule has 0 saturated heterocycles. The molecule has 144 valence electrons. The third-order valence-electron chi connectivity index (χ3n) is 3.88. The third kappa shape index (κ3) is 6.06. The molecule has 0 atom stereocenters. The van der Waals surface area contributed by atoms with Crippen LogP contribution in [-0.2, 0) is 13.6 Å². The molecule has 0 radical (unpaired) electrons. The highest BCUT2D eigenvalue weighted by molar-refractivity contribution is 14.0. The van der Waals surface area contributed by atoms with Gasteiger partial charge in [-0.1, -0.05) is 28.1 Å². The fourth-order valence-electron chi connectivity index (χ4n) is 2.49. The molecular formula is C18H22BrIN6O. The molecule has 3 aromatic rings. The van der Waals surface area contributed by atoms with Gasteiger partial charge in [-0.2, -0.15) is 5.10 Å². The Balaban J connectivity index is 0.00000261. The van der Waals surface area contributed by atoms with Gasteiger partial charge in [0.1, 0.15) is 24.5 Å². The number of hydrogen-bond donors (Lipinski definition) is 2. The lowest BCUT2D eigenvalue weighted by molar-refractivity contribution is 0.322. The van der Waals surface area contributed by atoms with Gasteiger partial charge in [0.05, 0.1) is 13.1 Å². The first kappa shape index (κ1) is 21.4. The van der Waals surface area contributed by atoms with Crippen LogP contribution in [0.2, 0.25) is 0 Å². The summed E-state index contributed by atoms with van der Waals surface area (Å²) in [6.45, 7) is 1.72. The molecule has 1 aromatic heterocycles. The highest BCUT2D eigenvalue weighted by atomic mass is 127. The minimum absolute atomic E-state index is 0. The minimum Gasteiger partial charge on any atom is -0.492 e. The summed E-state index contributed by atoms with van der Waals surface area (Å²) < 4.78 is 8.62. The quantitative estimate of drug-likeness (QED) is 0.216. The number of benzene rings is 2. The molecule has 3 rings (SSSR count). The molecular weight excluding hydrogens is 523 g/mol. The van der Waals surface area contributed by atoms with Gasteiger partial charge in [0, 0.05) is 18.6 Å². The van der Waals surface area contributed by atoms with E-state index in [4.69, 9.17) is 4.74 Å². The number of aryl methyl sites for hydroxylation is 1. The predicted octanol–water partition coefficient (Wildman–Crippen LogP) is 3.09. The Labute approximate surface area is 183 Å². The van der Waals surface area contributed by atoms with Crippen LogP contribution in [0.3, 0.4) is 0 Å². The van der Waals surface area contributed by atoms with Crippen molar-refractivity contribution in [3.05, 3.63) is 53.0 Å². The molecule has 0 aliphatic carbocycles.